The van der Waals surface area contributed by atoms with E-state index in [1.165, 1.54) is 10.1 Å². The van der Waals surface area contributed by atoms with Crippen LogP contribution in [-0.2, 0) is 0 Å². The molecule has 0 saturated heterocycles. The van der Waals surface area contributed by atoms with Crippen LogP contribution in [0.1, 0.15) is 0 Å². The zero-order chi connectivity index (χ0) is 6.10. The van der Waals surface area contributed by atoms with E-state index < -0.39 is 0 Å². The molecule has 0 N–H and O–H groups in total. The van der Waals surface area contributed by atoms with Crippen LogP contribution in [0.25, 0.3) is 10.1 Å². The van der Waals surface area contributed by atoms with E-state index in [9.17, 15) is 0 Å². The number of hydrogen-bond acceptors (Lipinski definition) is 1. The molecule has 0 unspecified atom stereocenters. The molecule has 0 aliphatic rings. The van der Waals surface area contributed by atoms with Crippen LogP contribution >= 0.6 is 11.3 Å². The van der Waals surface area contributed by atoms with Crippen LogP contribution in [0.15, 0.2) is 34.5 Å². The van der Waals surface area contributed by atoms with Crippen molar-refractivity contribution in [3.8, 4) is 0 Å². The average Bonchev–Trinajstić information content (AvgIpc) is 2.33. The summed E-state index contributed by atoms with van der Waals surface area (Å²) in [5.41, 5.74) is 0. The molecule has 0 aromatic carbocycles. The molecule has 0 aliphatic carbocycles. The van der Waals surface area contributed by atoms with Crippen molar-refractivity contribution in [2.45, 2.75) is 0 Å². The second-order valence-corrected chi connectivity index (χ2v) is 2.74. The minimum absolute atomic E-state index is 1.21. The van der Waals surface area contributed by atoms with E-state index in [0.717, 1.165) is 0 Å². The number of fused-ring (bicyclic) bond motifs is 1. The maximum atomic E-state index is 4.96. The molecule has 2 aromatic rings. The molecule has 0 atom stereocenters. The average molecular weight is 137 g/mol. The van der Waals surface area contributed by atoms with Gasteiger partial charge in [-0.3, -0.25) is 0 Å². The van der Waals surface area contributed by atoms with Crippen LogP contribution in [0.2, 0.25) is 0 Å². The Morgan fingerprint density at radius 3 is 3.22 bits per heavy atom. The van der Waals surface area contributed by atoms with Gasteiger partial charge in [-0.1, -0.05) is 0 Å². The van der Waals surface area contributed by atoms with E-state index >= 15 is 0 Å². The first-order chi connectivity index (χ1) is 4.47. The van der Waals surface area contributed by atoms with Crippen molar-refractivity contribution < 1.29 is 4.42 Å². The van der Waals surface area contributed by atoms with Crippen molar-refractivity contribution in [1.82, 2.24) is 0 Å². The molecule has 2 rings (SSSR count). The topological polar surface area (TPSA) is 11.3 Å². The molecule has 0 fully saturated rings. The summed E-state index contributed by atoms with van der Waals surface area (Å²) < 4.78 is 6.17. The maximum absolute atomic E-state index is 4.96. The highest BCUT2D eigenvalue weighted by atomic mass is 32.1. The highest BCUT2D eigenvalue weighted by Crippen LogP contribution is 2.18. The quantitative estimate of drug-likeness (QED) is 0.508. The van der Waals surface area contributed by atoms with Gasteiger partial charge in [0, 0.05) is 11.5 Å². The monoisotopic (exact) mass is 137 g/mol. The predicted molar refractivity (Wildman–Crippen MR) is 38.5 cm³/mol. The fourth-order valence-corrected chi connectivity index (χ4v) is 1.52. The first kappa shape index (κ1) is 4.94. The van der Waals surface area contributed by atoms with Crippen LogP contribution in [0.4, 0.5) is 0 Å². The highest BCUT2D eigenvalue weighted by Gasteiger charge is 1.97. The van der Waals surface area contributed by atoms with Gasteiger partial charge in [0.2, 0.25) is 0 Å². The lowest BCUT2D eigenvalue weighted by atomic mass is 10.4. The minimum atomic E-state index is 1.21. The Morgan fingerprint density at radius 1 is 1.33 bits per heavy atom. The first-order valence-corrected chi connectivity index (χ1v) is 3.57. The van der Waals surface area contributed by atoms with Gasteiger partial charge < -0.3 is 0 Å². The first-order valence-electron chi connectivity index (χ1n) is 2.69. The van der Waals surface area contributed by atoms with Gasteiger partial charge in [0.25, 0.3) is 0 Å². The van der Waals surface area contributed by atoms with Gasteiger partial charge in [0.05, 0.1) is 0 Å². The number of hydrogen-bond donors (Lipinski definition) is 0. The standard InChI is InChI=1S/C7H5OS/c1-3-8-5-7-6(1)2-4-9-7/h1-5H/q+1. The second-order valence-electron chi connectivity index (χ2n) is 1.80. The Hall–Kier alpha value is -0.890. The van der Waals surface area contributed by atoms with Gasteiger partial charge in [-0.2, -0.15) is 0 Å². The van der Waals surface area contributed by atoms with Gasteiger partial charge >= 0.3 is 12.5 Å². The van der Waals surface area contributed by atoms with Crippen LogP contribution in [-0.4, -0.2) is 0 Å². The minimum Gasteiger partial charge on any atom is -0.223 e. The molecule has 0 saturated carbocycles. The van der Waals surface area contributed by atoms with E-state index in [-0.39, 0.29) is 0 Å². The smallest absolute Gasteiger partial charge is 0.223 e. The molecule has 2 aromatic heterocycles. The number of rotatable bonds is 0. The van der Waals surface area contributed by atoms with Crippen molar-refractivity contribution in [2.24, 2.45) is 0 Å². The fraction of sp³-hybridized carbons (Fsp3) is 0. The molecule has 1 nitrogen and oxygen atoms in total. The van der Waals surface area contributed by atoms with Crippen LogP contribution < -0.4 is 0 Å². The summed E-state index contributed by atoms with van der Waals surface area (Å²) in [5, 5.41) is 3.31. The van der Waals surface area contributed by atoms with E-state index in [0.29, 0.717) is 0 Å². The van der Waals surface area contributed by atoms with Crippen LogP contribution in [0.5, 0.6) is 0 Å². The molecule has 2 heterocycles. The van der Waals surface area contributed by atoms with Crippen molar-refractivity contribution >= 4 is 21.4 Å². The summed E-state index contributed by atoms with van der Waals surface area (Å²) in [7, 11) is 0. The Balaban J connectivity index is 2.95. The predicted octanol–water partition coefficient (Wildman–Crippen LogP) is 2.78. The van der Waals surface area contributed by atoms with Crippen LogP contribution in [0, 0.1) is 0 Å². The van der Waals surface area contributed by atoms with Crippen molar-refractivity contribution in [3.63, 3.8) is 0 Å². The molecule has 0 radical (unpaired) electrons. The third-order valence-electron chi connectivity index (χ3n) is 1.23. The number of thiophene rings is 1. The van der Waals surface area contributed by atoms with E-state index in [2.05, 4.69) is 11.4 Å². The van der Waals surface area contributed by atoms with E-state index in [1.54, 1.807) is 23.9 Å². The summed E-state index contributed by atoms with van der Waals surface area (Å²) in [6.07, 6.45) is 3.45. The van der Waals surface area contributed by atoms with Crippen LogP contribution in [0.3, 0.4) is 0 Å². The van der Waals surface area contributed by atoms with Gasteiger partial charge in [0.15, 0.2) is 0 Å². The fourth-order valence-electron chi connectivity index (χ4n) is 0.778. The molecular formula is C7H5OS+. The second kappa shape index (κ2) is 1.81. The molecule has 0 bridgehead atoms. The summed E-state index contributed by atoms with van der Waals surface area (Å²) in [4.78, 5) is 0. The van der Waals surface area contributed by atoms with Gasteiger partial charge in [-0.15, -0.1) is 11.3 Å². The summed E-state index contributed by atoms with van der Waals surface area (Å²) in [6.45, 7) is 0. The van der Waals surface area contributed by atoms with Gasteiger partial charge in [0.1, 0.15) is 4.70 Å². The third-order valence-corrected chi connectivity index (χ3v) is 2.09. The van der Waals surface area contributed by atoms with Crippen molar-refractivity contribution in [3.05, 3.63) is 30.0 Å². The zero-order valence-electron chi connectivity index (χ0n) is 4.70. The largest absolute Gasteiger partial charge is 0.335 e. The van der Waals surface area contributed by atoms with Gasteiger partial charge in [-0.25, -0.2) is 4.42 Å². The lowest BCUT2D eigenvalue weighted by Crippen LogP contribution is -1.56. The summed E-state index contributed by atoms with van der Waals surface area (Å²) in [6, 6.07) is 4.04. The van der Waals surface area contributed by atoms with Crippen molar-refractivity contribution in [2.75, 3.05) is 0 Å². The lowest BCUT2D eigenvalue weighted by molar-refractivity contribution is 0.558. The SMILES string of the molecule is c1cc2ccsc2c[o+]1. The molecule has 0 aliphatic heterocycles. The lowest BCUT2D eigenvalue weighted by Gasteiger charge is -1.72. The maximum Gasteiger partial charge on any atom is 0.335 e. The molecule has 0 spiro atoms. The molecular weight excluding hydrogens is 132 g/mol. The molecule has 2 heteroatoms. The Kier molecular flexibility index (Phi) is 0.993. The highest BCUT2D eigenvalue weighted by molar-refractivity contribution is 7.17. The normalized spacial score (nSPS) is 10.2. The molecule has 44 valence electrons. The van der Waals surface area contributed by atoms with Gasteiger partial charge in [-0.05, 0) is 11.4 Å². The summed E-state index contributed by atoms with van der Waals surface area (Å²) in [5.74, 6) is 0. The van der Waals surface area contributed by atoms with Crippen molar-refractivity contribution in [1.29, 1.82) is 0 Å². The Bertz CT molecular complexity index is 283. The Labute approximate surface area is 56.6 Å². The molecule has 0 amide bonds. The van der Waals surface area contributed by atoms with E-state index in [4.69, 9.17) is 4.42 Å². The zero-order valence-corrected chi connectivity index (χ0v) is 5.52. The molecule has 9 heavy (non-hydrogen) atoms. The third kappa shape index (κ3) is 0.715. The summed E-state index contributed by atoms with van der Waals surface area (Å²) >= 11 is 1.69. The Morgan fingerprint density at radius 2 is 2.33 bits per heavy atom. The van der Waals surface area contributed by atoms with E-state index in [1.807, 2.05) is 6.07 Å².